The second-order valence-corrected chi connectivity index (χ2v) is 0.236. The van der Waals surface area contributed by atoms with E-state index in [2.05, 4.69) is 0 Å². The van der Waals surface area contributed by atoms with E-state index in [1.165, 1.54) is 6.92 Å². The molecule has 0 heterocycles. The van der Waals surface area contributed by atoms with Gasteiger partial charge in [0.25, 0.3) is 0 Å². The molecule has 4 heavy (non-hydrogen) atoms. The van der Waals surface area contributed by atoms with Crippen LogP contribution >= 0.6 is 0 Å². The summed E-state index contributed by atoms with van der Waals surface area (Å²) in [6.07, 6.45) is 0.750. The molecule has 0 rings (SSSR count). The van der Waals surface area contributed by atoms with Crippen LogP contribution in [0.5, 0.6) is 0 Å². The molecular formula is C2H4OPr. The summed E-state index contributed by atoms with van der Waals surface area (Å²) in [5.41, 5.74) is 0. The predicted molar refractivity (Wildman–Crippen MR) is 11.7 cm³/mol. The molecule has 0 aliphatic heterocycles. The molecule has 0 fully saturated rings. The van der Waals surface area contributed by atoms with Gasteiger partial charge in [-0.25, -0.2) is 0 Å². The first-order valence-corrected chi connectivity index (χ1v) is 0.813. The summed E-state index contributed by atoms with van der Waals surface area (Å²) in [5, 5.41) is 0. The number of carbonyl (C=O) groups excluding carboxylic acids is 1. The van der Waals surface area contributed by atoms with Gasteiger partial charge in [-0.3, -0.25) is 0 Å². The van der Waals surface area contributed by atoms with E-state index in [1.807, 2.05) is 0 Å². The van der Waals surface area contributed by atoms with Crippen molar-refractivity contribution in [1.82, 2.24) is 0 Å². The summed E-state index contributed by atoms with van der Waals surface area (Å²) in [7, 11) is 0. The van der Waals surface area contributed by atoms with E-state index in [-0.39, 0.29) is 41.3 Å². The summed E-state index contributed by atoms with van der Waals surface area (Å²) < 4.78 is 0. The Balaban J connectivity index is 0. The number of rotatable bonds is 0. The molecule has 0 bridgehead atoms. The number of aldehydes is 1. The van der Waals surface area contributed by atoms with E-state index in [0.717, 1.165) is 6.29 Å². The molecular weight excluding hydrogens is 181 g/mol. The van der Waals surface area contributed by atoms with Crippen LogP contribution in [0.25, 0.3) is 0 Å². The van der Waals surface area contributed by atoms with Gasteiger partial charge in [-0.05, 0) is 6.92 Å². The molecule has 0 aromatic rings. The third-order valence-electron chi connectivity index (χ3n) is 0. The van der Waals surface area contributed by atoms with Crippen molar-refractivity contribution in [2.24, 2.45) is 0 Å². The van der Waals surface area contributed by atoms with E-state index in [9.17, 15) is 0 Å². The second-order valence-electron chi connectivity index (χ2n) is 0.236. The minimum Gasteiger partial charge on any atom is -0.304 e. The molecule has 21 valence electrons. The van der Waals surface area contributed by atoms with Crippen LogP contribution in [0.1, 0.15) is 6.92 Å². The molecule has 0 spiro atoms. The van der Waals surface area contributed by atoms with Crippen molar-refractivity contribution in [1.29, 1.82) is 0 Å². The van der Waals surface area contributed by atoms with Gasteiger partial charge in [0, 0.05) is 41.3 Å². The first-order valence-electron chi connectivity index (χ1n) is 0.813. The normalized spacial score (nSPS) is 3.25. The molecule has 2 heteroatoms. The molecule has 0 atom stereocenters. The van der Waals surface area contributed by atoms with E-state index < -0.39 is 0 Å². The Hall–Kier alpha value is 1.03. The maximum Gasteiger partial charge on any atom is 0.116 e. The molecule has 0 saturated carbocycles. The average molecular weight is 185 g/mol. The maximum absolute atomic E-state index is 8.81. The SMILES string of the molecule is CC=O.[Pr]. The maximum atomic E-state index is 8.81. The van der Waals surface area contributed by atoms with Crippen molar-refractivity contribution >= 4 is 6.29 Å². The van der Waals surface area contributed by atoms with Gasteiger partial charge in [-0.1, -0.05) is 0 Å². The molecule has 0 aliphatic rings. The fraction of sp³-hybridized carbons (Fsp3) is 0.500. The largest absolute Gasteiger partial charge is 0.304 e. The Kier molecular flexibility index (Phi) is 20.0. The van der Waals surface area contributed by atoms with Crippen molar-refractivity contribution in [2.45, 2.75) is 6.92 Å². The minimum absolute atomic E-state index is 0. The first kappa shape index (κ1) is 8.90. The minimum atomic E-state index is 0. The van der Waals surface area contributed by atoms with Crippen LogP contribution in [0, 0.1) is 41.3 Å². The summed E-state index contributed by atoms with van der Waals surface area (Å²) in [4.78, 5) is 8.81. The fourth-order valence-electron chi connectivity index (χ4n) is 0. The molecule has 0 amide bonds. The summed E-state index contributed by atoms with van der Waals surface area (Å²) in [5.74, 6) is 0. The van der Waals surface area contributed by atoms with Crippen molar-refractivity contribution in [2.75, 3.05) is 0 Å². The number of hydrogen-bond donors (Lipinski definition) is 0. The Bertz CT molecular complexity index is 13.5. The molecule has 0 unspecified atom stereocenters. The van der Waals surface area contributed by atoms with Crippen LogP contribution in [0.3, 0.4) is 0 Å². The third kappa shape index (κ3) is 11.7. The molecule has 1 radical (unpaired) electrons. The van der Waals surface area contributed by atoms with E-state index in [1.54, 1.807) is 0 Å². The number of carbonyl (C=O) groups is 1. The van der Waals surface area contributed by atoms with Gasteiger partial charge in [0.2, 0.25) is 0 Å². The second kappa shape index (κ2) is 8.98. The van der Waals surface area contributed by atoms with Crippen molar-refractivity contribution < 1.29 is 46.1 Å². The van der Waals surface area contributed by atoms with Gasteiger partial charge < -0.3 is 4.79 Å². The first-order chi connectivity index (χ1) is 1.41. The van der Waals surface area contributed by atoms with Gasteiger partial charge in [0.05, 0.1) is 0 Å². The molecule has 0 N–H and O–H groups in total. The summed E-state index contributed by atoms with van der Waals surface area (Å²) in [6.45, 7) is 1.44. The summed E-state index contributed by atoms with van der Waals surface area (Å²) >= 11 is 0. The van der Waals surface area contributed by atoms with Crippen LogP contribution in [0.2, 0.25) is 0 Å². The predicted octanol–water partition coefficient (Wildman–Crippen LogP) is 0.205. The van der Waals surface area contributed by atoms with Gasteiger partial charge >= 0.3 is 0 Å². The molecule has 0 saturated heterocycles. The topological polar surface area (TPSA) is 17.1 Å². The zero-order chi connectivity index (χ0) is 2.71. The van der Waals surface area contributed by atoms with Crippen LogP contribution in [0.4, 0.5) is 0 Å². The zero-order valence-corrected chi connectivity index (χ0v) is 6.27. The van der Waals surface area contributed by atoms with Crippen molar-refractivity contribution in [3.8, 4) is 0 Å². The molecule has 0 aromatic heterocycles. The third-order valence-corrected chi connectivity index (χ3v) is 0. The van der Waals surface area contributed by atoms with Gasteiger partial charge in [0.1, 0.15) is 6.29 Å². The van der Waals surface area contributed by atoms with Crippen LogP contribution in [-0.2, 0) is 4.79 Å². The van der Waals surface area contributed by atoms with Crippen LogP contribution in [0.15, 0.2) is 0 Å². The molecule has 0 aromatic carbocycles. The monoisotopic (exact) mass is 185 g/mol. The van der Waals surface area contributed by atoms with Crippen LogP contribution < -0.4 is 0 Å². The van der Waals surface area contributed by atoms with E-state index >= 15 is 0 Å². The Morgan fingerprint density at radius 2 is 1.75 bits per heavy atom. The number of hydrogen-bond acceptors (Lipinski definition) is 1. The fourth-order valence-corrected chi connectivity index (χ4v) is 0. The quantitative estimate of drug-likeness (QED) is 0.493. The smallest absolute Gasteiger partial charge is 0.116 e. The van der Waals surface area contributed by atoms with Crippen LogP contribution in [-0.4, -0.2) is 6.29 Å². The molecule has 0 aliphatic carbocycles. The van der Waals surface area contributed by atoms with Crippen molar-refractivity contribution in [3.05, 3.63) is 0 Å². The summed E-state index contributed by atoms with van der Waals surface area (Å²) in [6, 6.07) is 0. The zero-order valence-electron chi connectivity index (χ0n) is 2.56. The Morgan fingerprint density at radius 3 is 1.75 bits per heavy atom. The van der Waals surface area contributed by atoms with Gasteiger partial charge in [0.15, 0.2) is 0 Å². The average Bonchev–Trinajstić information content (AvgIpc) is 0.918. The van der Waals surface area contributed by atoms with Gasteiger partial charge in [-0.15, -0.1) is 0 Å². The Labute approximate surface area is 58.7 Å². The Morgan fingerprint density at radius 1 is 1.75 bits per heavy atom. The standard InChI is InChI=1S/C2H4O.Pr/c1-2-3;/h2H,1H3;. The van der Waals surface area contributed by atoms with Gasteiger partial charge in [-0.2, -0.15) is 0 Å². The van der Waals surface area contributed by atoms with E-state index in [0.29, 0.717) is 0 Å². The van der Waals surface area contributed by atoms with Crippen molar-refractivity contribution in [3.63, 3.8) is 0 Å². The molecule has 1 nitrogen and oxygen atoms in total. The van der Waals surface area contributed by atoms with E-state index in [4.69, 9.17) is 4.79 Å².